The molecule has 1 atom stereocenters. The summed E-state index contributed by atoms with van der Waals surface area (Å²) in [5.74, 6) is 8.01. The van der Waals surface area contributed by atoms with Gasteiger partial charge >= 0.3 is 0 Å². The van der Waals surface area contributed by atoms with E-state index in [1.807, 2.05) is 0 Å². The molecule has 1 saturated carbocycles. The number of nitrogens with two attached hydrogens (primary N) is 1. The van der Waals surface area contributed by atoms with Gasteiger partial charge in [-0.1, -0.05) is 20.3 Å². The molecule has 3 N–H and O–H groups in total. The van der Waals surface area contributed by atoms with Crippen molar-refractivity contribution in [3.63, 3.8) is 0 Å². The second kappa shape index (κ2) is 4.19. The first-order chi connectivity index (χ1) is 8.62. The standard InChI is InChI=1S/C14H22N4/c1-14(2)8-10(14)13-16-11-7-5-3-4-6-9(11)12(17-13)18-15/h10H,3-8,15H2,1-2H3,(H,16,17,18). The maximum absolute atomic E-state index is 5.64. The number of rotatable bonds is 2. The molecule has 2 aliphatic rings. The van der Waals surface area contributed by atoms with Crippen molar-refractivity contribution in [3.05, 3.63) is 17.1 Å². The van der Waals surface area contributed by atoms with Crippen LogP contribution in [0.3, 0.4) is 0 Å². The van der Waals surface area contributed by atoms with Crippen LogP contribution in [0.5, 0.6) is 0 Å². The summed E-state index contributed by atoms with van der Waals surface area (Å²) in [4.78, 5) is 9.49. The molecular weight excluding hydrogens is 224 g/mol. The van der Waals surface area contributed by atoms with Gasteiger partial charge in [0, 0.05) is 17.2 Å². The van der Waals surface area contributed by atoms with Gasteiger partial charge in [0.05, 0.1) is 0 Å². The molecule has 0 bridgehead atoms. The van der Waals surface area contributed by atoms with E-state index in [1.165, 1.54) is 36.9 Å². The van der Waals surface area contributed by atoms with E-state index in [1.54, 1.807) is 0 Å². The highest BCUT2D eigenvalue weighted by Crippen LogP contribution is 2.57. The molecule has 1 unspecified atom stereocenters. The fourth-order valence-electron chi connectivity index (χ4n) is 2.97. The van der Waals surface area contributed by atoms with Crippen molar-refractivity contribution in [3.8, 4) is 0 Å². The number of hydrazine groups is 1. The van der Waals surface area contributed by atoms with Gasteiger partial charge in [0.1, 0.15) is 11.6 Å². The lowest BCUT2D eigenvalue weighted by Gasteiger charge is -2.13. The Kier molecular flexibility index (Phi) is 2.77. The summed E-state index contributed by atoms with van der Waals surface area (Å²) < 4.78 is 0. The largest absolute Gasteiger partial charge is 0.308 e. The van der Waals surface area contributed by atoms with Gasteiger partial charge < -0.3 is 5.43 Å². The first-order valence-corrected chi connectivity index (χ1v) is 6.98. The number of nitrogens with one attached hydrogen (secondary N) is 1. The zero-order valence-electron chi connectivity index (χ0n) is 11.3. The number of hydrogen-bond donors (Lipinski definition) is 2. The fraction of sp³-hybridized carbons (Fsp3) is 0.714. The molecule has 0 aromatic carbocycles. The van der Waals surface area contributed by atoms with Gasteiger partial charge in [-0.2, -0.15) is 0 Å². The normalized spacial score (nSPS) is 25.2. The van der Waals surface area contributed by atoms with Crippen LogP contribution in [0, 0.1) is 5.41 Å². The van der Waals surface area contributed by atoms with Crippen molar-refractivity contribution in [1.82, 2.24) is 9.97 Å². The third-order valence-electron chi connectivity index (χ3n) is 4.41. The smallest absolute Gasteiger partial charge is 0.147 e. The minimum absolute atomic E-state index is 0.366. The van der Waals surface area contributed by atoms with Crippen LogP contribution in [0.1, 0.15) is 62.5 Å². The van der Waals surface area contributed by atoms with E-state index in [0.29, 0.717) is 11.3 Å². The molecule has 3 rings (SSSR count). The van der Waals surface area contributed by atoms with Gasteiger partial charge in [-0.25, -0.2) is 15.8 Å². The summed E-state index contributed by atoms with van der Waals surface area (Å²) in [7, 11) is 0. The van der Waals surface area contributed by atoms with Crippen LogP contribution >= 0.6 is 0 Å². The number of aromatic nitrogens is 2. The van der Waals surface area contributed by atoms with Crippen LogP contribution < -0.4 is 11.3 Å². The zero-order chi connectivity index (χ0) is 12.8. The molecular formula is C14H22N4. The van der Waals surface area contributed by atoms with E-state index in [-0.39, 0.29) is 0 Å². The lowest BCUT2D eigenvalue weighted by molar-refractivity contribution is 0.606. The lowest BCUT2D eigenvalue weighted by Crippen LogP contribution is -2.15. The molecule has 98 valence electrons. The molecule has 18 heavy (non-hydrogen) atoms. The molecule has 1 aromatic rings. The van der Waals surface area contributed by atoms with Gasteiger partial charge in [-0.05, 0) is 37.5 Å². The third-order valence-corrected chi connectivity index (χ3v) is 4.41. The van der Waals surface area contributed by atoms with Crippen LogP contribution in [0.25, 0.3) is 0 Å². The number of anilines is 1. The fourth-order valence-corrected chi connectivity index (χ4v) is 2.97. The van der Waals surface area contributed by atoms with Gasteiger partial charge in [0.25, 0.3) is 0 Å². The summed E-state index contributed by atoms with van der Waals surface area (Å²) in [5, 5.41) is 0. The van der Waals surface area contributed by atoms with Crippen molar-refractivity contribution in [1.29, 1.82) is 0 Å². The van der Waals surface area contributed by atoms with Gasteiger partial charge in [-0.15, -0.1) is 0 Å². The van der Waals surface area contributed by atoms with E-state index in [9.17, 15) is 0 Å². The maximum atomic E-state index is 5.64. The van der Waals surface area contributed by atoms with Gasteiger partial charge in [0.2, 0.25) is 0 Å². The highest BCUT2D eigenvalue weighted by Gasteiger charge is 2.48. The van der Waals surface area contributed by atoms with Crippen molar-refractivity contribution in [2.24, 2.45) is 11.3 Å². The van der Waals surface area contributed by atoms with Crippen molar-refractivity contribution < 1.29 is 0 Å². The Bertz CT molecular complexity index is 467. The SMILES string of the molecule is CC1(C)CC1c1nc2c(c(NN)n1)CCCCC2. The Balaban J connectivity index is 2.00. The molecule has 4 heteroatoms. The van der Waals surface area contributed by atoms with E-state index >= 15 is 0 Å². The number of nitrogens with zero attached hydrogens (tertiary/aromatic N) is 2. The minimum atomic E-state index is 0.366. The summed E-state index contributed by atoms with van der Waals surface area (Å²) >= 11 is 0. The molecule has 0 saturated heterocycles. The number of hydrogen-bond acceptors (Lipinski definition) is 4. The van der Waals surface area contributed by atoms with Crippen molar-refractivity contribution in [2.45, 2.75) is 58.3 Å². The maximum Gasteiger partial charge on any atom is 0.147 e. The zero-order valence-corrected chi connectivity index (χ0v) is 11.3. The molecule has 1 aromatic heterocycles. The van der Waals surface area contributed by atoms with E-state index in [4.69, 9.17) is 10.8 Å². The Morgan fingerprint density at radius 3 is 2.56 bits per heavy atom. The van der Waals surface area contributed by atoms with Crippen LogP contribution in [0.2, 0.25) is 0 Å². The molecule has 0 amide bonds. The first kappa shape index (κ1) is 11.9. The van der Waals surface area contributed by atoms with Crippen LogP contribution in [-0.2, 0) is 12.8 Å². The summed E-state index contributed by atoms with van der Waals surface area (Å²) in [6.45, 7) is 4.56. The van der Waals surface area contributed by atoms with Crippen LogP contribution in [0.4, 0.5) is 5.82 Å². The summed E-state index contributed by atoms with van der Waals surface area (Å²) in [6, 6.07) is 0. The minimum Gasteiger partial charge on any atom is -0.308 e. The second-order valence-corrected chi connectivity index (χ2v) is 6.31. The second-order valence-electron chi connectivity index (χ2n) is 6.31. The molecule has 0 spiro atoms. The number of aryl methyl sites for hydroxylation is 1. The first-order valence-electron chi connectivity index (χ1n) is 6.98. The van der Waals surface area contributed by atoms with E-state index in [0.717, 1.165) is 24.5 Å². The predicted octanol–water partition coefficient (Wildman–Crippen LogP) is 2.54. The number of fused-ring (bicyclic) bond motifs is 1. The molecule has 0 radical (unpaired) electrons. The predicted molar refractivity (Wildman–Crippen MR) is 72.2 cm³/mol. The van der Waals surface area contributed by atoms with Gasteiger partial charge in [0.15, 0.2) is 0 Å². The Labute approximate surface area is 108 Å². The van der Waals surface area contributed by atoms with E-state index < -0.39 is 0 Å². The monoisotopic (exact) mass is 246 g/mol. The average Bonchev–Trinajstić information content (AvgIpc) is 3.04. The van der Waals surface area contributed by atoms with Gasteiger partial charge in [-0.3, -0.25) is 0 Å². The van der Waals surface area contributed by atoms with Crippen LogP contribution in [0.15, 0.2) is 0 Å². The van der Waals surface area contributed by atoms with Crippen molar-refractivity contribution in [2.75, 3.05) is 5.43 Å². The lowest BCUT2D eigenvalue weighted by atomic mass is 10.1. The Morgan fingerprint density at radius 2 is 1.89 bits per heavy atom. The summed E-state index contributed by atoms with van der Waals surface area (Å²) in [6.07, 6.45) is 7.07. The van der Waals surface area contributed by atoms with Crippen molar-refractivity contribution >= 4 is 5.82 Å². The number of nitrogen functional groups attached to an aromatic ring is 1. The average molecular weight is 246 g/mol. The Morgan fingerprint density at radius 1 is 1.17 bits per heavy atom. The molecule has 1 heterocycles. The molecule has 0 aliphatic heterocycles. The third kappa shape index (κ3) is 1.99. The summed E-state index contributed by atoms with van der Waals surface area (Å²) in [5.41, 5.74) is 5.63. The van der Waals surface area contributed by atoms with Crippen LogP contribution in [-0.4, -0.2) is 9.97 Å². The van der Waals surface area contributed by atoms with E-state index in [2.05, 4.69) is 24.3 Å². The highest BCUT2D eigenvalue weighted by atomic mass is 15.3. The molecule has 4 nitrogen and oxygen atoms in total. The topological polar surface area (TPSA) is 63.8 Å². The molecule has 2 aliphatic carbocycles. The Hall–Kier alpha value is -1.16. The quantitative estimate of drug-likeness (QED) is 0.478. The molecule has 1 fully saturated rings. The highest BCUT2D eigenvalue weighted by molar-refractivity contribution is 5.47.